The van der Waals surface area contributed by atoms with E-state index in [1.165, 1.54) is 6.42 Å². The minimum Gasteiger partial charge on any atom is -0.389 e. The first-order valence-electron chi connectivity index (χ1n) is 7.68. The molecule has 1 aliphatic carbocycles. The average Bonchev–Trinajstić information content (AvgIpc) is 2.49. The highest BCUT2D eigenvalue weighted by molar-refractivity contribution is 6.31. The number of hydrogen-bond donors (Lipinski definition) is 2. The molecule has 2 N–H and O–H groups in total. The van der Waals surface area contributed by atoms with Crippen molar-refractivity contribution in [3.63, 3.8) is 0 Å². The average molecular weight is 307 g/mol. The SMILES string of the molecule is CCC1CCC(O)(CNCc2ccc(C#N)cc2Cl)CC1. The first kappa shape index (κ1) is 16.3. The van der Waals surface area contributed by atoms with Gasteiger partial charge in [0.25, 0.3) is 0 Å². The summed E-state index contributed by atoms with van der Waals surface area (Å²) in [4.78, 5) is 0. The molecule has 0 amide bonds. The fraction of sp³-hybridized carbons (Fsp3) is 0.588. The Morgan fingerprint density at radius 1 is 1.43 bits per heavy atom. The van der Waals surface area contributed by atoms with Gasteiger partial charge in [-0.05, 0) is 49.3 Å². The van der Waals surface area contributed by atoms with E-state index in [4.69, 9.17) is 16.9 Å². The molecule has 0 atom stereocenters. The highest BCUT2D eigenvalue weighted by atomic mass is 35.5. The molecule has 0 radical (unpaired) electrons. The summed E-state index contributed by atoms with van der Waals surface area (Å²) in [6.07, 6.45) is 5.20. The summed E-state index contributed by atoms with van der Waals surface area (Å²) < 4.78 is 0. The maximum Gasteiger partial charge on any atom is 0.0992 e. The molecule has 21 heavy (non-hydrogen) atoms. The number of benzene rings is 1. The predicted octanol–water partition coefficient (Wildman–Crippen LogP) is 3.63. The van der Waals surface area contributed by atoms with Crippen molar-refractivity contribution < 1.29 is 5.11 Å². The molecule has 114 valence electrons. The number of rotatable bonds is 5. The van der Waals surface area contributed by atoms with Crippen LogP contribution in [0.15, 0.2) is 18.2 Å². The molecule has 3 nitrogen and oxygen atoms in total. The van der Waals surface area contributed by atoms with Gasteiger partial charge in [-0.1, -0.05) is 31.0 Å². The van der Waals surface area contributed by atoms with Gasteiger partial charge >= 0.3 is 0 Å². The van der Waals surface area contributed by atoms with E-state index in [0.717, 1.165) is 37.2 Å². The third-order valence-corrected chi connectivity index (χ3v) is 4.92. The number of halogens is 1. The second-order valence-electron chi connectivity index (χ2n) is 6.10. The molecular formula is C17H23ClN2O. The minimum absolute atomic E-state index is 0.570. The fourth-order valence-corrected chi connectivity index (χ4v) is 3.24. The highest BCUT2D eigenvalue weighted by Crippen LogP contribution is 2.33. The third kappa shape index (κ3) is 4.44. The maximum atomic E-state index is 10.6. The van der Waals surface area contributed by atoms with Crippen LogP contribution in [0.4, 0.5) is 0 Å². The lowest BCUT2D eigenvalue weighted by atomic mass is 9.78. The first-order chi connectivity index (χ1) is 10.1. The van der Waals surface area contributed by atoms with Gasteiger partial charge in [0.1, 0.15) is 0 Å². The molecule has 0 bridgehead atoms. The molecule has 0 spiro atoms. The zero-order valence-electron chi connectivity index (χ0n) is 12.5. The predicted molar refractivity (Wildman–Crippen MR) is 85.1 cm³/mol. The number of nitrogens with zero attached hydrogens (tertiary/aromatic N) is 1. The van der Waals surface area contributed by atoms with E-state index in [0.29, 0.717) is 23.7 Å². The number of nitrogens with one attached hydrogen (secondary N) is 1. The van der Waals surface area contributed by atoms with Crippen LogP contribution in [-0.2, 0) is 6.54 Å². The monoisotopic (exact) mass is 306 g/mol. The van der Waals surface area contributed by atoms with Gasteiger partial charge < -0.3 is 10.4 Å². The van der Waals surface area contributed by atoms with Gasteiger partial charge in [0, 0.05) is 18.1 Å². The van der Waals surface area contributed by atoms with Crippen LogP contribution >= 0.6 is 11.6 Å². The molecular weight excluding hydrogens is 284 g/mol. The third-order valence-electron chi connectivity index (χ3n) is 4.56. The molecule has 0 aromatic heterocycles. The van der Waals surface area contributed by atoms with Crippen molar-refractivity contribution in [2.75, 3.05) is 6.54 Å². The fourth-order valence-electron chi connectivity index (χ4n) is 2.99. The molecule has 2 rings (SSSR count). The van der Waals surface area contributed by atoms with Crippen molar-refractivity contribution in [3.8, 4) is 6.07 Å². The number of hydrogen-bond acceptors (Lipinski definition) is 3. The Labute approximate surface area is 131 Å². The normalized spacial score (nSPS) is 25.5. The Bertz CT molecular complexity index is 516. The second kappa shape index (κ2) is 7.26. The topological polar surface area (TPSA) is 56.0 Å². The number of aliphatic hydroxyl groups is 1. The Morgan fingerprint density at radius 3 is 2.71 bits per heavy atom. The van der Waals surface area contributed by atoms with E-state index < -0.39 is 5.60 Å². The number of nitriles is 1. The van der Waals surface area contributed by atoms with Crippen LogP contribution in [0.25, 0.3) is 0 Å². The van der Waals surface area contributed by atoms with Crippen molar-refractivity contribution in [3.05, 3.63) is 34.3 Å². The molecule has 0 saturated heterocycles. The van der Waals surface area contributed by atoms with Gasteiger partial charge in [-0.2, -0.15) is 5.26 Å². The van der Waals surface area contributed by atoms with Gasteiger partial charge in [-0.3, -0.25) is 0 Å². The molecule has 0 unspecified atom stereocenters. The van der Waals surface area contributed by atoms with Crippen LogP contribution < -0.4 is 5.32 Å². The van der Waals surface area contributed by atoms with Crippen LogP contribution in [0.3, 0.4) is 0 Å². The molecule has 1 saturated carbocycles. The zero-order chi connectivity index (χ0) is 15.3. The van der Waals surface area contributed by atoms with Crippen LogP contribution in [0.2, 0.25) is 5.02 Å². The Balaban J connectivity index is 1.83. The summed E-state index contributed by atoms with van der Waals surface area (Å²) in [7, 11) is 0. The van der Waals surface area contributed by atoms with E-state index >= 15 is 0 Å². The molecule has 1 aliphatic rings. The molecule has 1 aromatic rings. The van der Waals surface area contributed by atoms with E-state index in [1.54, 1.807) is 12.1 Å². The lowest BCUT2D eigenvalue weighted by Crippen LogP contribution is -2.43. The van der Waals surface area contributed by atoms with Crippen molar-refractivity contribution >= 4 is 11.6 Å². The summed E-state index contributed by atoms with van der Waals surface area (Å²) >= 11 is 6.15. The zero-order valence-corrected chi connectivity index (χ0v) is 13.3. The lowest BCUT2D eigenvalue weighted by Gasteiger charge is -2.36. The van der Waals surface area contributed by atoms with Crippen molar-refractivity contribution in [2.24, 2.45) is 5.92 Å². The van der Waals surface area contributed by atoms with E-state index in [9.17, 15) is 5.11 Å². The largest absolute Gasteiger partial charge is 0.389 e. The van der Waals surface area contributed by atoms with Crippen molar-refractivity contribution in [1.82, 2.24) is 5.32 Å². The maximum absolute atomic E-state index is 10.6. The standard InChI is InChI=1S/C17H23ClN2O/c1-2-13-5-7-17(21,8-6-13)12-20-11-15-4-3-14(10-19)9-16(15)18/h3-4,9,13,20-21H,2,5-8,11-12H2,1H3. The van der Waals surface area contributed by atoms with Crippen molar-refractivity contribution in [1.29, 1.82) is 5.26 Å². The summed E-state index contributed by atoms with van der Waals surface area (Å²) in [6, 6.07) is 7.39. The summed E-state index contributed by atoms with van der Waals surface area (Å²) in [5.74, 6) is 0.776. The van der Waals surface area contributed by atoms with Crippen LogP contribution in [0, 0.1) is 17.2 Å². The summed E-state index contributed by atoms with van der Waals surface area (Å²) in [5, 5.41) is 23.3. The first-order valence-corrected chi connectivity index (χ1v) is 8.06. The Hall–Kier alpha value is -1.08. The van der Waals surface area contributed by atoms with Gasteiger partial charge in [-0.15, -0.1) is 0 Å². The quantitative estimate of drug-likeness (QED) is 0.873. The molecule has 4 heteroatoms. The van der Waals surface area contributed by atoms with Crippen LogP contribution in [0.5, 0.6) is 0 Å². The van der Waals surface area contributed by atoms with Crippen LogP contribution in [-0.4, -0.2) is 17.3 Å². The minimum atomic E-state index is -0.579. The van der Waals surface area contributed by atoms with Gasteiger partial charge in [-0.25, -0.2) is 0 Å². The smallest absolute Gasteiger partial charge is 0.0992 e. The summed E-state index contributed by atoms with van der Waals surface area (Å²) in [5.41, 5.74) is 0.951. The van der Waals surface area contributed by atoms with Gasteiger partial charge in [0.2, 0.25) is 0 Å². The molecule has 1 fully saturated rings. The molecule has 1 aromatic carbocycles. The van der Waals surface area contributed by atoms with Crippen LogP contribution in [0.1, 0.15) is 50.2 Å². The Kier molecular flexibility index (Phi) is 5.64. The molecule has 0 heterocycles. The van der Waals surface area contributed by atoms with Gasteiger partial charge in [0.05, 0.1) is 17.2 Å². The highest BCUT2D eigenvalue weighted by Gasteiger charge is 2.32. The van der Waals surface area contributed by atoms with Crippen molar-refractivity contribution in [2.45, 2.75) is 51.2 Å². The molecule has 0 aliphatic heterocycles. The van der Waals surface area contributed by atoms with E-state index in [2.05, 4.69) is 18.3 Å². The van der Waals surface area contributed by atoms with E-state index in [1.807, 2.05) is 6.07 Å². The summed E-state index contributed by atoms with van der Waals surface area (Å²) in [6.45, 7) is 3.43. The Morgan fingerprint density at radius 2 is 2.14 bits per heavy atom. The van der Waals surface area contributed by atoms with E-state index in [-0.39, 0.29) is 0 Å². The van der Waals surface area contributed by atoms with Gasteiger partial charge in [0.15, 0.2) is 0 Å². The second-order valence-corrected chi connectivity index (χ2v) is 6.50. The lowest BCUT2D eigenvalue weighted by molar-refractivity contribution is -0.00881.